The molecule has 3 heterocycles. The molecule has 1 aromatic carbocycles. The van der Waals surface area contributed by atoms with Gasteiger partial charge in [0.2, 0.25) is 0 Å². The molecule has 0 aliphatic carbocycles. The quantitative estimate of drug-likeness (QED) is 0.739. The molecule has 25 heavy (non-hydrogen) atoms. The minimum atomic E-state index is 0.116. The summed E-state index contributed by atoms with van der Waals surface area (Å²) in [6.07, 6.45) is 5.55. The number of nitrogens with zero attached hydrogens (tertiary/aromatic N) is 4. The van der Waals surface area contributed by atoms with Crippen LogP contribution in [0.5, 0.6) is 0 Å². The summed E-state index contributed by atoms with van der Waals surface area (Å²) >= 11 is 0. The van der Waals surface area contributed by atoms with Crippen LogP contribution in [0.15, 0.2) is 42.7 Å². The lowest BCUT2D eigenvalue weighted by Crippen LogP contribution is -2.28. The number of hydrogen-bond donors (Lipinski definition) is 0. The molecule has 3 aromatic rings. The van der Waals surface area contributed by atoms with E-state index in [-0.39, 0.29) is 11.8 Å². The summed E-state index contributed by atoms with van der Waals surface area (Å²) in [6.45, 7) is 3.62. The van der Waals surface area contributed by atoms with E-state index in [1.165, 1.54) is 5.56 Å². The van der Waals surface area contributed by atoms with Crippen molar-refractivity contribution < 1.29 is 4.79 Å². The van der Waals surface area contributed by atoms with Gasteiger partial charge in [0, 0.05) is 37.8 Å². The van der Waals surface area contributed by atoms with Crippen molar-refractivity contribution in [1.29, 1.82) is 0 Å². The van der Waals surface area contributed by atoms with E-state index in [4.69, 9.17) is 4.98 Å². The van der Waals surface area contributed by atoms with Crippen molar-refractivity contribution in [2.24, 2.45) is 7.05 Å². The van der Waals surface area contributed by atoms with Crippen molar-refractivity contribution in [3.05, 3.63) is 59.7 Å². The first-order valence-corrected chi connectivity index (χ1v) is 8.82. The van der Waals surface area contributed by atoms with E-state index >= 15 is 0 Å². The van der Waals surface area contributed by atoms with Gasteiger partial charge in [0.15, 0.2) is 0 Å². The van der Waals surface area contributed by atoms with Crippen LogP contribution in [0.4, 0.5) is 0 Å². The average molecular weight is 334 g/mol. The summed E-state index contributed by atoms with van der Waals surface area (Å²) in [5, 5.41) is 0. The summed E-state index contributed by atoms with van der Waals surface area (Å²) < 4.78 is 2.11. The predicted octanol–water partition coefficient (Wildman–Crippen LogP) is 3.16. The van der Waals surface area contributed by atoms with Crippen molar-refractivity contribution in [3.8, 4) is 0 Å². The van der Waals surface area contributed by atoms with E-state index in [0.29, 0.717) is 0 Å². The molecule has 5 nitrogen and oxygen atoms in total. The zero-order valence-corrected chi connectivity index (χ0v) is 14.6. The predicted molar refractivity (Wildman–Crippen MR) is 97.6 cm³/mol. The molecule has 1 saturated heterocycles. The van der Waals surface area contributed by atoms with Crippen LogP contribution in [0.3, 0.4) is 0 Å². The zero-order chi connectivity index (χ0) is 17.4. The highest BCUT2D eigenvalue weighted by Crippen LogP contribution is 2.29. The van der Waals surface area contributed by atoms with Gasteiger partial charge in [-0.1, -0.05) is 19.1 Å². The third-order valence-electron chi connectivity index (χ3n) is 5.17. The number of imidazole rings is 1. The fraction of sp³-hybridized carbons (Fsp3) is 0.350. The van der Waals surface area contributed by atoms with E-state index in [2.05, 4.69) is 16.5 Å². The van der Waals surface area contributed by atoms with E-state index < -0.39 is 0 Å². The highest BCUT2D eigenvalue weighted by Gasteiger charge is 2.30. The topological polar surface area (TPSA) is 51.0 Å². The van der Waals surface area contributed by atoms with Crippen molar-refractivity contribution in [2.75, 3.05) is 13.1 Å². The summed E-state index contributed by atoms with van der Waals surface area (Å²) in [7, 11) is 2.03. The molecule has 0 radical (unpaired) electrons. The van der Waals surface area contributed by atoms with Crippen LogP contribution in [-0.2, 0) is 13.5 Å². The number of carbonyl (C=O) groups is 1. The molecule has 1 amide bonds. The van der Waals surface area contributed by atoms with Crippen LogP contribution < -0.4 is 0 Å². The molecule has 0 bridgehead atoms. The Morgan fingerprint density at radius 3 is 2.76 bits per heavy atom. The number of fused-ring (bicyclic) bond motifs is 1. The van der Waals surface area contributed by atoms with Gasteiger partial charge in [-0.2, -0.15) is 0 Å². The molecule has 1 aliphatic rings. The third kappa shape index (κ3) is 2.80. The minimum Gasteiger partial charge on any atom is -0.338 e. The number of aryl methyl sites for hydroxylation is 2. The third-order valence-corrected chi connectivity index (χ3v) is 5.17. The molecule has 5 heteroatoms. The average Bonchev–Trinajstić information content (AvgIpc) is 3.27. The molecule has 0 unspecified atom stereocenters. The molecule has 2 aromatic heterocycles. The Morgan fingerprint density at radius 2 is 2.04 bits per heavy atom. The number of hydrogen-bond acceptors (Lipinski definition) is 3. The number of benzene rings is 1. The summed E-state index contributed by atoms with van der Waals surface area (Å²) in [5.74, 6) is 1.43. The molecule has 1 atom stereocenters. The Labute approximate surface area is 147 Å². The maximum absolute atomic E-state index is 12.8. The van der Waals surface area contributed by atoms with Gasteiger partial charge in [0.1, 0.15) is 5.82 Å². The minimum absolute atomic E-state index is 0.116. The van der Waals surface area contributed by atoms with Gasteiger partial charge in [0.25, 0.3) is 5.91 Å². The molecule has 0 N–H and O–H groups in total. The lowest BCUT2D eigenvalue weighted by molar-refractivity contribution is 0.0790. The molecule has 4 rings (SSSR count). The van der Waals surface area contributed by atoms with Gasteiger partial charge in [-0.15, -0.1) is 0 Å². The van der Waals surface area contributed by atoms with Crippen molar-refractivity contribution in [1.82, 2.24) is 19.4 Å². The van der Waals surface area contributed by atoms with E-state index in [0.717, 1.165) is 48.4 Å². The van der Waals surface area contributed by atoms with Crippen LogP contribution in [-0.4, -0.2) is 38.4 Å². The van der Waals surface area contributed by atoms with E-state index in [9.17, 15) is 4.79 Å². The molecule has 1 aliphatic heterocycles. The van der Waals surface area contributed by atoms with Crippen LogP contribution >= 0.6 is 0 Å². The lowest BCUT2D eigenvalue weighted by atomic mass is 10.1. The second kappa shape index (κ2) is 6.31. The first kappa shape index (κ1) is 15.8. The number of aromatic nitrogens is 3. The molecule has 128 valence electrons. The van der Waals surface area contributed by atoms with Gasteiger partial charge in [-0.25, -0.2) is 4.98 Å². The van der Waals surface area contributed by atoms with Crippen LogP contribution in [0, 0.1) is 0 Å². The van der Waals surface area contributed by atoms with Crippen LogP contribution in [0.25, 0.3) is 11.0 Å². The highest BCUT2D eigenvalue weighted by atomic mass is 16.2. The van der Waals surface area contributed by atoms with Crippen molar-refractivity contribution in [2.45, 2.75) is 25.7 Å². The monoisotopic (exact) mass is 334 g/mol. The normalized spacial score (nSPS) is 17.4. The Kier molecular flexibility index (Phi) is 3.99. The van der Waals surface area contributed by atoms with Crippen molar-refractivity contribution >= 4 is 16.9 Å². The first-order chi connectivity index (χ1) is 12.2. The number of likely N-dealkylation sites (tertiary alicyclic amines) is 1. The fourth-order valence-electron chi connectivity index (χ4n) is 3.64. The van der Waals surface area contributed by atoms with Gasteiger partial charge in [0.05, 0.1) is 17.2 Å². The molecule has 1 fully saturated rings. The second-order valence-electron chi connectivity index (χ2n) is 6.68. The van der Waals surface area contributed by atoms with Crippen LogP contribution in [0.2, 0.25) is 0 Å². The maximum atomic E-state index is 12.8. The van der Waals surface area contributed by atoms with Gasteiger partial charge < -0.3 is 9.47 Å². The Balaban J connectivity index is 1.53. The zero-order valence-electron chi connectivity index (χ0n) is 14.6. The lowest BCUT2D eigenvalue weighted by Gasteiger charge is -2.17. The van der Waals surface area contributed by atoms with Gasteiger partial charge >= 0.3 is 0 Å². The van der Waals surface area contributed by atoms with Gasteiger partial charge in [-0.3, -0.25) is 9.78 Å². The number of carbonyl (C=O) groups excluding carboxylic acids is 1. The van der Waals surface area contributed by atoms with Gasteiger partial charge in [-0.05, 0) is 36.6 Å². The molecule has 0 spiro atoms. The van der Waals surface area contributed by atoms with Crippen molar-refractivity contribution in [3.63, 3.8) is 0 Å². The Morgan fingerprint density at radius 1 is 1.24 bits per heavy atom. The molecular formula is C20H22N4O. The molecule has 0 saturated carbocycles. The summed E-state index contributed by atoms with van der Waals surface area (Å²) in [4.78, 5) is 23.7. The number of amides is 1. The van der Waals surface area contributed by atoms with E-state index in [1.54, 1.807) is 6.20 Å². The standard InChI is InChI=1S/C20H22N4O/c1-3-14-4-6-15(7-5-14)20(25)24-11-9-16(13-24)19-22-17-8-10-21-12-18(17)23(19)2/h4-8,10,12,16H,3,9,11,13H2,1-2H3/t16-/m0/s1. The second-order valence-corrected chi connectivity index (χ2v) is 6.68. The first-order valence-electron chi connectivity index (χ1n) is 8.82. The number of pyridine rings is 1. The summed E-state index contributed by atoms with van der Waals surface area (Å²) in [5.41, 5.74) is 4.03. The largest absolute Gasteiger partial charge is 0.338 e. The Bertz CT molecular complexity index is 913. The fourth-order valence-corrected chi connectivity index (χ4v) is 3.64. The maximum Gasteiger partial charge on any atom is 0.253 e. The Hall–Kier alpha value is -2.69. The summed E-state index contributed by atoms with van der Waals surface area (Å²) in [6, 6.07) is 9.90. The highest BCUT2D eigenvalue weighted by molar-refractivity contribution is 5.94. The van der Waals surface area contributed by atoms with E-state index in [1.807, 2.05) is 48.5 Å². The smallest absolute Gasteiger partial charge is 0.253 e. The van der Waals surface area contributed by atoms with Crippen LogP contribution in [0.1, 0.15) is 41.0 Å². The number of rotatable bonds is 3. The SMILES string of the molecule is CCc1ccc(C(=O)N2CC[C@H](c3nc4ccncc4n3C)C2)cc1. The molecular weight excluding hydrogens is 312 g/mol.